The Hall–Kier alpha value is -4.04. The number of nitrogens with zero attached hydrogens (tertiary/aromatic N) is 4. The molecule has 0 unspecified atom stereocenters. The number of pyridine rings is 2. The van der Waals surface area contributed by atoms with E-state index in [1.54, 1.807) is 6.07 Å². The topological polar surface area (TPSA) is 219 Å². The first kappa shape index (κ1) is 31.0. The maximum Gasteiger partial charge on any atom is 1.00 e. The van der Waals surface area contributed by atoms with Crippen molar-refractivity contribution in [1.82, 2.24) is 9.97 Å². The van der Waals surface area contributed by atoms with Crippen LogP contribution in [0.5, 0.6) is 0 Å². The van der Waals surface area contributed by atoms with Crippen molar-refractivity contribution < 1.29 is 74.3 Å². The minimum Gasteiger partial charge on any atom is -0.870 e. The molecule has 0 radical (unpaired) electrons. The Morgan fingerprint density at radius 1 is 0.730 bits per heavy atom. The van der Waals surface area contributed by atoms with Crippen molar-refractivity contribution in [2.24, 2.45) is 9.98 Å². The molecule has 14 heteroatoms. The monoisotopic (exact) mass is 518 g/mol. The molecule has 0 fully saturated rings. The molecule has 0 spiro atoms. The Labute approximate surface area is 231 Å². The second kappa shape index (κ2) is 13.9. The number of carbonyl (C=O) groups is 4. The van der Waals surface area contributed by atoms with Gasteiger partial charge >= 0.3 is 53.4 Å². The molecule has 0 atom stereocenters. The van der Waals surface area contributed by atoms with Crippen LogP contribution in [-0.2, 0) is 14.3 Å². The summed E-state index contributed by atoms with van der Waals surface area (Å²) in [6.07, 6.45) is 5.74. The maximum absolute atomic E-state index is 11.3. The van der Waals surface area contributed by atoms with Gasteiger partial charge in [0.25, 0.3) is 0 Å². The quantitative estimate of drug-likeness (QED) is 0.304. The fourth-order valence-electron chi connectivity index (χ4n) is 2.94. The van der Waals surface area contributed by atoms with E-state index in [2.05, 4.69) is 24.7 Å². The normalized spacial score (nSPS) is 13.2. The molecule has 2 aromatic rings. The maximum atomic E-state index is 11.3. The van der Waals surface area contributed by atoms with Crippen molar-refractivity contribution in [2.75, 3.05) is 7.11 Å². The standard InChI is InChI=1S/C12H10N2O4.C11H8N2O4.Na.H2O/c1-18-12(17)8-4-10(14-6-8)9-3-2-7(5-13-9)11(15)16;14-10(15)6-1-2-8(12-4-6)9-3-7(5-13-9)11(16)17;;/h2-3,5-6H,4H2,1H3,(H,15,16);1-2,4-5H,3H2,(H,14,15)(H,16,17);;1H2/q;;+1;/p-1. The van der Waals surface area contributed by atoms with E-state index in [0.717, 1.165) is 0 Å². The number of rotatable bonds is 6. The molecular formula is C23H19N4NaO9. The van der Waals surface area contributed by atoms with Gasteiger partial charge in [-0.1, -0.05) is 0 Å². The molecule has 0 aliphatic carbocycles. The zero-order valence-corrected chi connectivity index (χ0v) is 21.7. The third kappa shape index (κ3) is 7.98. The summed E-state index contributed by atoms with van der Waals surface area (Å²) in [6.45, 7) is 0. The second-order valence-electron chi connectivity index (χ2n) is 7.09. The molecule has 4 N–H and O–H groups in total. The third-order valence-electron chi connectivity index (χ3n) is 4.80. The van der Waals surface area contributed by atoms with Crippen LogP contribution < -0.4 is 29.6 Å². The molecule has 2 aliphatic heterocycles. The molecule has 0 bridgehead atoms. The van der Waals surface area contributed by atoms with Gasteiger partial charge in [-0.15, -0.1) is 0 Å². The first-order valence-electron chi connectivity index (χ1n) is 9.92. The van der Waals surface area contributed by atoms with Gasteiger partial charge in [-0.3, -0.25) is 20.0 Å². The molecule has 4 heterocycles. The van der Waals surface area contributed by atoms with E-state index < -0.39 is 23.9 Å². The van der Waals surface area contributed by atoms with Crippen LogP contribution in [0.4, 0.5) is 0 Å². The minimum absolute atomic E-state index is 0. The Balaban J connectivity index is 0.000000351. The van der Waals surface area contributed by atoms with Crippen LogP contribution >= 0.6 is 0 Å². The summed E-state index contributed by atoms with van der Waals surface area (Å²) >= 11 is 0. The van der Waals surface area contributed by atoms with E-state index >= 15 is 0 Å². The minimum atomic E-state index is -1.05. The van der Waals surface area contributed by atoms with Crippen molar-refractivity contribution >= 4 is 35.3 Å². The second-order valence-corrected chi connectivity index (χ2v) is 7.09. The van der Waals surface area contributed by atoms with E-state index in [9.17, 15) is 19.2 Å². The number of methoxy groups -OCH3 is 1. The molecule has 2 aliphatic rings. The molecule has 0 saturated heterocycles. The smallest absolute Gasteiger partial charge is 0.870 e. The predicted octanol–water partition coefficient (Wildman–Crippen LogP) is -1.20. The molecule has 4 rings (SSSR count). The number of aliphatic imine (C=N–C) groups is 2. The molecule has 13 nitrogen and oxygen atoms in total. The van der Waals surface area contributed by atoms with Gasteiger partial charge in [0.2, 0.25) is 0 Å². The first-order chi connectivity index (χ1) is 16.7. The molecular weight excluding hydrogens is 499 g/mol. The van der Waals surface area contributed by atoms with Crippen LogP contribution in [0.2, 0.25) is 0 Å². The Bertz CT molecular complexity index is 1310. The SMILES string of the molecule is COC(=O)C1=CN=C(c2ccc(C(=O)O)cn2)C1.O=C(O)C1=CN=C(c2ccc(C(=O)O)cn2)C1.[Na+].[OH-]. The molecule has 0 saturated carbocycles. The van der Waals surface area contributed by atoms with Gasteiger partial charge in [-0.2, -0.15) is 0 Å². The van der Waals surface area contributed by atoms with Crippen LogP contribution in [0, 0.1) is 0 Å². The van der Waals surface area contributed by atoms with Crippen LogP contribution in [0.25, 0.3) is 0 Å². The Kier molecular flexibility index (Phi) is 11.6. The van der Waals surface area contributed by atoms with Crippen molar-refractivity contribution in [3.05, 3.63) is 82.7 Å². The average molecular weight is 518 g/mol. The number of esters is 1. The molecule has 37 heavy (non-hydrogen) atoms. The Morgan fingerprint density at radius 2 is 1.16 bits per heavy atom. The number of aliphatic carboxylic acids is 1. The summed E-state index contributed by atoms with van der Waals surface area (Å²) in [7, 11) is 1.31. The first-order valence-corrected chi connectivity index (χ1v) is 9.92. The summed E-state index contributed by atoms with van der Waals surface area (Å²) in [5.41, 5.74) is 3.03. The average Bonchev–Trinajstić information content (AvgIpc) is 3.55. The van der Waals surface area contributed by atoms with Gasteiger partial charge in [0.05, 0.1) is 52.2 Å². The van der Waals surface area contributed by atoms with E-state index in [1.165, 1.54) is 50.1 Å². The van der Waals surface area contributed by atoms with E-state index in [1.807, 2.05) is 0 Å². The summed E-state index contributed by atoms with van der Waals surface area (Å²) in [4.78, 5) is 59.2. The largest absolute Gasteiger partial charge is 1.00 e. The zero-order chi connectivity index (χ0) is 25.5. The van der Waals surface area contributed by atoms with Gasteiger partial charge in [0, 0.05) is 37.6 Å². The van der Waals surface area contributed by atoms with Crippen molar-refractivity contribution in [2.45, 2.75) is 12.8 Å². The van der Waals surface area contributed by atoms with Gasteiger partial charge in [-0.05, 0) is 24.3 Å². The molecule has 2 aromatic heterocycles. The van der Waals surface area contributed by atoms with E-state index in [-0.39, 0.29) is 58.2 Å². The fraction of sp³-hybridized carbons (Fsp3) is 0.130. The summed E-state index contributed by atoms with van der Waals surface area (Å²) in [5, 5.41) is 26.2. The zero-order valence-electron chi connectivity index (χ0n) is 19.7. The van der Waals surface area contributed by atoms with Crippen molar-refractivity contribution in [3.8, 4) is 0 Å². The van der Waals surface area contributed by atoms with E-state index in [4.69, 9.17) is 15.3 Å². The van der Waals surface area contributed by atoms with Crippen LogP contribution in [0.1, 0.15) is 44.9 Å². The third-order valence-corrected chi connectivity index (χ3v) is 4.80. The fourth-order valence-corrected chi connectivity index (χ4v) is 2.94. The number of hydrogen-bond donors (Lipinski definition) is 3. The van der Waals surface area contributed by atoms with Gasteiger partial charge in [0.1, 0.15) is 0 Å². The summed E-state index contributed by atoms with van der Waals surface area (Å²) in [5.74, 6) is -3.51. The number of aromatic nitrogens is 2. The number of aromatic carboxylic acids is 2. The number of carboxylic acid groups (broad SMARTS) is 3. The van der Waals surface area contributed by atoms with Crippen molar-refractivity contribution in [1.29, 1.82) is 0 Å². The summed E-state index contributed by atoms with van der Waals surface area (Å²) < 4.78 is 4.59. The number of ether oxygens (including phenoxy) is 1. The van der Waals surface area contributed by atoms with E-state index in [0.29, 0.717) is 34.8 Å². The van der Waals surface area contributed by atoms with Crippen molar-refractivity contribution in [3.63, 3.8) is 0 Å². The number of hydrogen-bond acceptors (Lipinski definition) is 10. The van der Waals surface area contributed by atoms with Gasteiger partial charge in [-0.25, -0.2) is 19.2 Å². The molecule has 0 amide bonds. The van der Waals surface area contributed by atoms with Crippen LogP contribution in [0.15, 0.2) is 70.2 Å². The van der Waals surface area contributed by atoms with Gasteiger partial charge < -0.3 is 25.5 Å². The summed E-state index contributed by atoms with van der Waals surface area (Å²) in [6, 6.07) is 5.94. The van der Waals surface area contributed by atoms with Gasteiger partial charge in [0.15, 0.2) is 0 Å². The number of carbonyl (C=O) groups excluding carboxylic acids is 1. The number of carboxylic acids is 3. The van der Waals surface area contributed by atoms with Crippen LogP contribution in [-0.4, -0.2) is 73.2 Å². The molecule has 0 aromatic carbocycles. The Morgan fingerprint density at radius 3 is 1.49 bits per heavy atom. The molecule has 186 valence electrons. The predicted molar refractivity (Wildman–Crippen MR) is 122 cm³/mol. The van der Waals surface area contributed by atoms with Crippen LogP contribution in [0.3, 0.4) is 0 Å².